The average Bonchev–Trinajstić information content (AvgIpc) is 3.28. The van der Waals surface area contributed by atoms with Crippen LogP contribution in [0.2, 0.25) is 0 Å². The second kappa shape index (κ2) is 10.0. The van der Waals surface area contributed by atoms with Gasteiger partial charge < -0.3 is 14.8 Å². The fourth-order valence-electron chi connectivity index (χ4n) is 2.57. The largest absolute Gasteiger partial charge is 0.493 e. The van der Waals surface area contributed by atoms with Gasteiger partial charge in [0.2, 0.25) is 5.91 Å². The molecular weight excluding hydrogens is 370 g/mol. The van der Waals surface area contributed by atoms with Crippen molar-refractivity contribution in [3.05, 3.63) is 60.8 Å². The van der Waals surface area contributed by atoms with Crippen molar-refractivity contribution in [3.8, 4) is 17.3 Å². The maximum Gasteiger partial charge on any atom is 0.248 e. The van der Waals surface area contributed by atoms with Gasteiger partial charge in [-0.05, 0) is 42.3 Å². The van der Waals surface area contributed by atoms with Gasteiger partial charge in [-0.1, -0.05) is 19.4 Å². The van der Waals surface area contributed by atoms with Crippen molar-refractivity contribution in [3.63, 3.8) is 0 Å². The van der Waals surface area contributed by atoms with Crippen LogP contribution in [-0.2, 0) is 4.79 Å². The predicted molar refractivity (Wildman–Crippen MR) is 110 cm³/mol. The monoisotopic (exact) mass is 393 g/mol. The molecule has 0 saturated heterocycles. The first kappa shape index (κ1) is 20.1. The van der Waals surface area contributed by atoms with E-state index in [0.717, 1.165) is 18.4 Å². The average molecular weight is 393 g/mol. The van der Waals surface area contributed by atoms with E-state index in [2.05, 4.69) is 27.3 Å². The van der Waals surface area contributed by atoms with Crippen molar-refractivity contribution in [1.29, 1.82) is 0 Å². The summed E-state index contributed by atoms with van der Waals surface area (Å²) in [7, 11) is 1.59. The number of carbonyl (C=O) groups excluding carboxylic acids is 1. The molecule has 1 aromatic carbocycles. The van der Waals surface area contributed by atoms with Crippen molar-refractivity contribution in [2.24, 2.45) is 0 Å². The van der Waals surface area contributed by atoms with Gasteiger partial charge in [-0.25, -0.2) is 14.6 Å². The number of hydrogen-bond donors (Lipinski definition) is 1. The van der Waals surface area contributed by atoms with E-state index in [1.165, 1.54) is 23.4 Å². The lowest BCUT2D eigenvalue weighted by Crippen LogP contribution is -2.12. The molecule has 0 saturated carbocycles. The van der Waals surface area contributed by atoms with Gasteiger partial charge in [0.1, 0.15) is 12.7 Å². The SMILES string of the molecule is CCCCOc1ccc(/C=C/C(=O)Nc2cccnc2-n2cncn2)cc1OC. The van der Waals surface area contributed by atoms with Crippen LogP contribution in [0.5, 0.6) is 11.5 Å². The highest BCUT2D eigenvalue weighted by Crippen LogP contribution is 2.28. The number of ether oxygens (including phenoxy) is 2. The van der Waals surface area contributed by atoms with Crippen LogP contribution in [0.15, 0.2) is 55.3 Å². The second-order valence-electron chi connectivity index (χ2n) is 6.15. The molecule has 0 aliphatic rings. The molecule has 0 radical (unpaired) electrons. The highest BCUT2D eigenvalue weighted by atomic mass is 16.5. The zero-order valence-electron chi connectivity index (χ0n) is 16.4. The van der Waals surface area contributed by atoms with Crippen LogP contribution < -0.4 is 14.8 Å². The van der Waals surface area contributed by atoms with E-state index in [4.69, 9.17) is 9.47 Å². The van der Waals surface area contributed by atoms with Crippen molar-refractivity contribution >= 4 is 17.7 Å². The van der Waals surface area contributed by atoms with Crippen LogP contribution in [0.3, 0.4) is 0 Å². The number of hydrogen-bond acceptors (Lipinski definition) is 6. The van der Waals surface area contributed by atoms with E-state index in [0.29, 0.717) is 29.6 Å². The van der Waals surface area contributed by atoms with E-state index < -0.39 is 0 Å². The number of carbonyl (C=O) groups is 1. The fraction of sp³-hybridized carbons (Fsp3) is 0.238. The summed E-state index contributed by atoms with van der Waals surface area (Å²) in [5.41, 5.74) is 1.35. The maximum absolute atomic E-state index is 12.4. The Morgan fingerprint density at radius 2 is 2.17 bits per heavy atom. The predicted octanol–water partition coefficient (Wildman–Crippen LogP) is 3.50. The summed E-state index contributed by atoms with van der Waals surface area (Å²) in [6, 6.07) is 9.04. The molecule has 0 atom stereocenters. The first-order valence-corrected chi connectivity index (χ1v) is 9.31. The topological polar surface area (TPSA) is 91.2 Å². The van der Waals surface area contributed by atoms with Gasteiger partial charge in [-0.3, -0.25) is 4.79 Å². The number of nitrogens with zero attached hydrogens (tertiary/aromatic N) is 4. The molecule has 0 aliphatic carbocycles. The molecule has 29 heavy (non-hydrogen) atoms. The number of methoxy groups -OCH3 is 1. The molecule has 3 aromatic rings. The standard InChI is InChI=1S/C21H23N5O3/c1-3-4-12-29-18-9-7-16(13-19(18)28-2)8-10-20(27)25-17-6-5-11-23-21(17)26-15-22-14-24-26/h5-11,13-15H,3-4,12H2,1-2H3,(H,25,27)/b10-8+. The lowest BCUT2D eigenvalue weighted by Gasteiger charge is -2.11. The lowest BCUT2D eigenvalue weighted by atomic mass is 10.2. The van der Waals surface area contributed by atoms with Crippen LogP contribution in [-0.4, -0.2) is 39.4 Å². The quantitative estimate of drug-likeness (QED) is 0.442. The minimum absolute atomic E-state index is 0.290. The van der Waals surface area contributed by atoms with Crippen LogP contribution in [0.25, 0.3) is 11.9 Å². The number of pyridine rings is 1. The molecule has 150 valence electrons. The van der Waals surface area contributed by atoms with Gasteiger partial charge in [-0.15, -0.1) is 0 Å². The zero-order chi connectivity index (χ0) is 20.5. The number of unbranched alkanes of at least 4 members (excludes halogenated alkanes) is 1. The fourth-order valence-corrected chi connectivity index (χ4v) is 2.57. The molecule has 1 amide bonds. The summed E-state index contributed by atoms with van der Waals surface area (Å²) in [4.78, 5) is 20.5. The summed E-state index contributed by atoms with van der Waals surface area (Å²) in [6.45, 7) is 2.75. The Bertz CT molecular complexity index is 970. The third-order valence-corrected chi connectivity index (χ3v) is 4.05. The van der Waals surface area contributed by atoms with Crippen LogP contribution >= 0.6 is 0 Å². The molecule has 0 bridgehead atoms. The number of benzene rings is 1. The second-order valence-corrected chi connectivity index (χ2v) is 6.15. The van der Waals surface area contributed by atoms with Gasteiger partial charge in [0.25, 0.3) is 0 Å². The molecule has 2 aromatic heterocycles. The van der Waals surface area contributed by atoms with Crippen molar-refractivity contribution < 1.29 is 14.3 Å². The minimum atomic E-state index is -0.290. The summed E-state index contributed by atoms with van der Waals surface area (Å²) >= 11 is 0. The minimum Gasteiger partial charge on any atom is -0.493 e. The van der Waals surface area contributed by atoms with Crippen LogP contribution in [0.4, 0.5) is 5.69 Å². The number of anilines is 1. The third-order valence-electron chi connectivity index (χ3n) is 4.05. The molecule has 3 rings (SSSR count). The first-order valence-electron chi connectivity index (χ1n) is 9.31. The molecular formula is C21H23N5O3. The summed E-state index contributed by atoms with van der Waals surface area (Å²) in [5, 5.41) is 6.86. The number of amides is 1. The van der Waals surface area contributed by atoms with Crippen LogP contribution in [0, 0.1) is 0 Å². The van der Waals surface area contributed by atoms with Crippen LogP contribution in [0.1, 0.15) is 25.3 Å². The molecule has 8 nitrogen and oxygen atoms in total. The molecule has 0 fully saturated rings. The van der Waals surface area contributed by atoms with Crippen molar-refractivity contribution in [1.82, 2.24) is 19.7 Å². The molecule has 1 N–H and O–H groups in total. The first-order chi connectivity index (χ1) is 14.2. The Kier molecular flexibility index (Phi) is 6.94. The normalized spacial score (nSPS) is 10.8. The van der Waals surface area contributed by atoms with Gasteiger partial charge >= 0.3 is 0 Å². The lowest BCUT2D eigenvalue weighted by molar-refractivity contribution is -0.111. The highest BCUT2D eigenvalue weighted by Gasteiger charge is 2.09. The Morgan fingerprint density at radius 3 is 2.93 bits per heavy atom. The molecule has 2 heterocycles. The Hall–Kier alpha value is -3.68. The Labute approximate surface area is 169 Å². The summed E-state index contributed by atoms with van der Waals surface area (Å²) < 4.78 is 12.6. The van der Waals surface area contributed by atoms with Gasteiger partial charge in [-0.2, -0.15) is 5.10 Å². The van der Waals surface area contributed by atoms with Gasteiger partial charge in [0, 0.05) is 12.3 Å². The zero-order valence-corrected chi connectivity index (χ0v) is 16.4. The van der Waals surface area contributed by atoms with Gasteiger partial charge in [0.05, 0.1) is 19.4 Å². The summed E-state index contributed by atoms with van der Waals surface area (Å²) in [6.07, 6.45) is 9.75. The molecule has 0 unspecified atom stereocenters. The Balaban J connectivity index is 1.68. The van der Waals surface area contributed by atoms with E-state index in [1.807, 2.05) is 18.2 Å². The number of aromatic nitrogens is 4. The smallest absolute Gasteiger partial charge is 0.248 e. The van der Waals surface area contributed by atoms with E-state index in [1.54, 1.807) is 31.5 Å². The third kappa shape index (κ3) is 5.41. The highest BCUT2D eigenvalue weighted by molar-refractivity contribution is 6.02. The number of nitrogens with one attached hydrogen (secondary N) is 1. The van der Waals surface area contributed by atoms with Crippen molar-refractivity contribution in [2.45, 2.75) is 19.8 Å². The molecule has 0 aliphatic heterocycles. The summed E-state index contributed by atoms with van der Waals surface area (Å²) in [5.74, 6) is 1.52. The van der Waals surface area contributed by atoms with E-state index >= 15 is 0 Å². The molecule has 0 spiro atoms. The van der Waals surface area contributed by atoms with E-state index in [9.17, 15) is 4.79 Å². The molecule has 8 heteroatoms. The van der Waals surface area contributed by atoms with Crippen molar-refractivity contribution in [2.75, 3.05) is 19.0 Å². The number of rotatable bonds is 9. The Morgan fingerprint density at radius 1 is 1.28 bits per heavy atom. The maximum atomic E-state index is 12.4. The van der Waals surface area contributed by atoms with E-state index in [-0.39, 0.29) is 5.91 Å². The van der Waals surface area contributed by atoms with Gasteiger partial charge in [0.15, 0.2) is 17.3 Å².